The molecule has 1 aromatic rings. The van der Waals surface area contributed by atoms with Gasteiger partial charge in [0.1, 0.15) is 0 Å². The summed E-state index contributed by atoms with van der Waals surface area (Å²) >= 11 is 0. The second kappa shape index (κ2) is 5.22. The van der Waals surface area contributed by atoms with Crippen molar-refractivity contribution >= 4 is 0 Å². The normalized spacial score (nSPS) is 29.2. The van der Waals surface area contributed by atoms with Gasteiger partial charge in [-0.15, -0.1) is 0 Å². The second-order valence-corrected chi connectivity index (χ2v) is 5.74. The first-order chi connectivity index (χ1) is 8.11. The molecule has 0 aromatic heterocycles. The Morgan fingerprint density at radius 3 is 2.29 bits per heavy atom. The molecule has 1 nitrogen and oxygen atoms in total. The third-order valence-corrected chi connectivity index (χ3v) is 4.27. The summed E-state index contributed by atoms with van der Waals surface area (Å²) in [7, 11) is 0. The van der Waals surface area contributed by atoms with Crippen LogP contribution in [0.3, 0.4) is 0 Å². The molecule has 1 N–H and O–H groups in total. The lowest BCUT2D eigenvalue weighted by atomic mass is 9.75. The van der Waals surface area contributed by atoms with E-state index < -0.39 is 5.60 Å². The molecular weight excluding hydrogens is 208 g/mol. The highest BCUT2D eigenvalue weighted by atomic mass is 16.3. The predicted octanol–water partition coefficient (Wildman–Crippen LogP) is 3.87. The quantitative estimate of drug-likeness (QED) is 0.838. The molecule has 0 heterocycles. The number of benzene rings is 1. The maximum atomic E-state index is 10.6. The smallest absolute Gasteiger partial charge is 0.0688 e. The van der Waals surface area contributed by atoms with Crippen molar-refractivity contribution in [2.45, 2.75) is 58.0 Å². The van der Waals surface area contributed by atoms with Gasteiger partial charge in [0.05, 0.1) is 5.60 Å². The van der Waals surface area contributed by atoms with E-state index in [1.165, 1.54) is 30.4 Å². The minimum atomic E-state index is -0.444. The monoisotopic (exact) mass is 232 g/mol. The van der Waals surface area contributed by atoms with Crippen LogP contribution in [0, 0.1) is 12.8 Å². The van der Waals surface area contributed by atoms with Crippen molar-refractivity contribution in [2.24, 2.45) is 5.92 Å². The third kappa shape index (κ3) is 3.32. The van der Waals surface area contributed by atoms with Crippen LogP contribution in [0.1, 0.15) is 50.2 Å². The van der Waals surface area contributed by atoms with Gasteiger partial charge >= 0.3 is 0 Å². The van der Waals surface area contributed by atoms with E-state index in [0.717, 1.165) is 25.2 Å². The molecule has 94 valence electrons. The van der Waals surface area contributed by atoms with Crippen molar-refractivity contribution in [3.63, 3.8) is 0 Å². The van der Waals surface area contributed by atoms with E-state index >= 15 is 0 Å². The molecule has 1 aliphatic carbocycles. The molecule has 0 saturated heterocycles. The fraction of sp³-hybridized carbons (Fsp3) is 0.625. The maximum Gasteiger partial charge on any atom is 0.0688 e. The first-order valence-electron chi connectivity index (χ1n) is 6.89. The molecule has 0 amide bonds. The topological polar surface area (TPSA) is 20.2 Å². The van der Waals surface area contributed by atoms with Gasteiger partial charge in [-0.2, -0.15) is 0 Å². The van der Waals surface area contributed by atoms with Crippen LogP contribution in [-0.4, -0.2) is 10.7 Å². The lowest BCUT2D eigenvalue weighted by Gasteiger charge is -2.36. The van der Waals surface area contributed by atoms with Crippen LogP contribution < -0.4 is 0 Å². The Balaban J connectivity index is 1.96. The highest BCUT2D eigenvalue weighted by Crippen LogP contribution is 2.35. The van der Waals surface area contributed by atoms with Crippen LogP contribution in [0.15, 0.2) is 24.3 Å². The Hall–Kier alpha value is -0.820. The Bertz CT molecular complexity index is 344. The largest absolute Gasteiger partial charge is 0.390 e. The SMILES string of the molecule is CCC1CCC(O)(Cc2ccc(C)cc2)CC1. The molecule has 0 spiro atoms. The first kappa shape index (κ1) is 12.6. The van der Waals surface area contributed by atoms with Crippen molar-refractivity contribution < 1.29 is 5.11 Å². The van der Waals surface area contributed by atoms with E-state index in [9.17, 15) is 5.11 Å². The molecule has 1 saturated carbocycles. The standard InChI is InChI=1S/C16H24O/c1-3-14-8-10-16(17,11-9-14)12-15-6-4-13(2)5-7-15/h4-7,14,17H,3,8-12H2,1-2H3. The molecule has 0 bridgehead atoms. The van der Waals surface area contributed by atoms with E-state index in [1.807, 2.05) is 0 Å². The van der Waals surface area contributed by atoms with Crippen molar-refractivity contribution in [3.8, 4) is 0 Å². The zero-order valence-electron chi connectivity index (χ0n) is 11.1. The number of rotatable bonds is 3. The summed E-state index contributed by atoms with van der Waals surface area (Å²) in [5.74, 6) is 0.841. The fourth-order valence-electron chi connectivity index (χ4n) is 2.89. The van der Waals surface area contributed by atoms with Gasteiger partial charge in [-0.1, -0.05) is 43.2 Å². The van der Waals surface area contributed by atoms with Crippen LogP contribution >= 0.6 is 0 Å². The molecule has 0 radical (unpaired) electrons. The fourth-order valence-corrected chi connectivity index (χ4v) is 2.89. The van der Waals surface area contributed by atoms with Gasteiger partial charge in [0.2, 0.25) is 0 Å². The molecule has 0 atom stereocenters. The van der Waals surface area contributed by atoms with Crippen LogP contribution in [0.4, 0.5) is 0 Å². The molecular formula is C16H24O. The minimum absolute atomic E-state index is 0.444. The van der Waals surface area contributed by atoms with E-state index in [4.69, 9.17) is 0 Å². The third-order valence-electron chi connectivity index (χ3n) is 4.27. The molecule has 1 aromatic carbocycles. The van der Waals surface area contributed by atoms with E-state index in [-0.39, 0.29) is 0 Å². The van der Waals surface area contributed by atoms with Crippen molar-refractivity contribution in [3.05, 3.63) is 35.4 Å². The van der Waals surface area contributed by atoms with Gasteiger partial charge in [-0.3, -0.25) is 0 Å². The molecule has 17 heavy (non-hydrogen) atoms. The summed E-state index contributed by atoms with van der Waals surface area (Å²) in [6, 6.07) is 8.57. The van der Waals surface area contributed by atoms with Gasteiger partial charge < -0.3 is 5.11 Å². The average Bonchev–Trinajstić information content (AvgIpc) is 2.33. The Labute approximate surface area is 105 Å². The summed E-state index contributed by atoms with van der Waals surface area (Å²) in [6.07, 6.45) is 6.42. The lowest BCUT2D eigenvalue weighted by molar-refractivity contribution is -0.00922. The summed E-state index contributed by atoms with van der Waals surface area (Å²) < 4.78 is 0. The molecule has 1 fully saturated rings. The highest BCUT2D eigenvalue weighted by Gasteiger charge is 2.32. The molecule has 0 unspecified atom stereocenters. The van der Waals surface area contributed by atoms with Crippen LogP contribution in [-0.2, 0) is 6.42 Å². The van der Waals surface area contributed by atoms with Gasteiger partial charge in [-0.25, -0.2) is 0 Å². The van der Waals surface area contributed by atoms with Crippen LogP contribution in [0.2, 0.25) is 0 Å². The van der Waals surface area contributed by atoms with Crippen molar-refractivity contribution in [1.82, 2.24) is 0 Å². The van der Waals surface area contributed by atoms with Crippen LogP contribution in [0.25, 0.3) is 0 Å². The first-order valence-corrected chi connectivity index (χ1v) is 6.89. The maximum absolute atomic E-state index is 10.6. The molecule has 1 heteroatoms. The Morgan fingerprint density at radius 2 is 1.76 bits per heavy atom. The van der Waals surface area contributed by atoms with Gasteiger partial charge in [0.15, 0.2) is 0 Å². The van der Waals surface area contributed by atoms with E-state index in [0.29, 0.717) is 0 Å². The number of hydrogen-bond donors (Lipinski definition) is 1. The summed E-state index contributed by atoms with van der Waals surface area (Å²) in [5.41, 5.74) is 2.12. The predicted molar refractivity (Wildman–Crippen MR) is 72.1 cm³/mol. The zero-order chi connectivity index (χ0) is 12.3. The van der Waals surface area contributed by atoms with E-state index in [1.54, 1.807) is 0 Å². The highest BCUT2D eigenvalue weighted by molar-refractivity contribution is 5.22. The van der Waals surface area contributed by atoms with Crippen molar-refractivity contribution in [1.29, 1.82) is 0 Å². The van der Waals surface area contributed by atoms with Crippen LogP contribution in [0.5, 0.6) is 0 Å². The minimum Gasteiger partial charge on any atom is -0.390 e. The summed E-state index contributed by atoms with van der Waals surface area (Å²) in [4.78, 5) is 0. The average molecular weight is 232 g/mol. The summed E-state index contributed by atoms with van der Waals surface area (Å²) in [5, 5.41) is 10.6. The number of aliphatic hydroxyl groups is 1. The van der Waals surface area contributed by atoms with E-state index in [2.05, 4.69) is 38.1 Å². The molecule has 0 aliphatic heterocycles. The lowest BCUT2D eigenvalue weighted by Crippen LogP contribution is -2.36. The number of aryl methyl sites for hydroxylation is 1. The molecule has 2 rings (SSSR count). The van der Waals surface area contributed by atoms with Gasteiger partial charge in [-0.05, 0) is 44.1 Å². The number of hydrogen-bond acceptors (Lipinski definition) is 1. The molecule has 1 aliphatic rings. The Kier molecular flexibility index (Phi) is 3.88. The zero-order valence-corrected chi connectivity index (χ0v) is 11.1. The Morgan fingerprint density at radius 1 is 1.18 bits per heavy atom. The van der Waals surface area contributed by atoms with Crippen molar-refractivity contribution in [2.75, 3.05) is 0 Å². The summed E-state index contributed by atoms with van der Waals surface area (Å²) in [6.45, 7) is 4.36. The second-order valence-electron chi connectivity index (χ2n) is 5.74. The van der Waals surface area contributed by atoms with Gasteiger partial charge in [0.25, 0.3) is 0 Å². The van der Waals surface area contributed by atoms with Gasteiger partial charge in [0, 0.05) is 6.42 Å².